The Hall–Kier alpha value is -2.17. The van der Waals surface area contributed by atoms with Crippen molar-refractivity contribution in [1.29, 1.82) is 0 Å². The summed E-state index contributed by atoms with van der Waals surface area (Å²) in [6, 6.07) is 17.0. The van der Waals surface area contributed by atoms with Crippen LogP contribution >= 0.6 is 11.6 Å². The molecule has 1 aromatic heterocycles. The average Bonchev–Trinajstić information content (AvgIpc) is 3.00. The van der Waals surface area contributed by atoms with Crippen molar-refractivity contribution in [2.75, 3.05) is 0 Å². The van der Waals surface area contributed by atoms with Crippen LogP contribution < -0.4 is 0 Å². The van der Waals surface area contributed by atoms with Crippen molar-refractivity contribution in [3.8, 4) is 5.69 Å². The summed E-state index contributed by atoms with van der Waals surface area (Å²) in [7, 11) is 0. The van der Waals surface area contributed by atoms with E-state index in [1.54, 1.807) is 6.20 Å². The highest BCUT2D eigenvalue weighted by atomic mass is 35.5. The van der Waals surface area contributed by atoms with Crippen LogP contribution in [0, 0.1) is 0 Å². The van der Waals surface area contributed by atoms with E-state index in [0.29, 0.717) is 17.1 Å². The molecule has 1 atom stereocenters. The highest BCUT2D eigenvalue weighted by molar-refractivity contribution is 6.30. The number of para-hydroxylation sites is 1. The molecule has 4 nitrogen and oxygen atoms in total. The Bertz CT molecular complexity index is 710. The van der Waals surface area contributed by atoms with Crippen molar-refractivity contribution in [3.05, 3.63) is 77.1 Å². The van der Waals surface area contributed by atoms with Gasteiger partial charge >= 0.3 is 0 Å². The van der Waals surface area contributed by atoms with E-state index in [4.69, 9.17) is 11.6 Å². The Morgan fingerprint density at radius 1 is 1.05 bits per heavy atom. The zero-order valence-electron chi connectivity index (χ0n) is 11.2. The molecule has 5 heteroatoms. The fraction of sp³-hybridized carbons (Fsp3) is 0.125. The molecule has 1 heterocycles. The van der Waals surface area contributed by atoms with Gasteiger partial charge in [0.1, 0.15) is 11.8 Å². The molecule has 106 valence electrons. The summed E-state index contributed by atoms with van der Waals surface area (Å²) >= 11 is 5.85. The van der Waals surface area contributed by atoms with Crippen LogP contribution in [-0.2, 0) is 6.42 Å². The zero-order valence-corrected chi connectivity index (χ0v) is 12.0. The van der Waals surface area contributed by atoms with Crippen LogP contribution in [-0.4, -0.2) is 20.1 Å². The van der Waals surface area contributed by atoms with Crippen molar-refractivity contribution < 1.29 is 5.11 Å². The van der Waals surface area contributed by atoms with Gasteiger partial charge in [0.15, 0.2) is 0 Å². The molecule has 3 rings (SSSR count). The summed E-state index contributed by atoms with van der Waals surface area (Å²) in [6.07, 6.45) is 1.38. The van der Waals surface area contributed by atoms with Crippen LogP contribution in [0.1, 0.15) is 17.4 Å². The number of aliphatic hydroxyl groups excluding tert-OH is 1. The van der Waals surface area contributed by atoms with Crippen molar-refractivity contribution in [2.45, 2.75) is 12.5 Å². The fourth-order valence-corrected chi connectivity index (χ4v) is 2.19. The molecule has 0 aliphatic carbocycles. The van der Waals surface area contributed by atoms with E-state index in [0.717, 1.165) is 11.3 Å². The van der Waals surface area contributed by atoms with E-state index in [9.17, 15) is 5.11 Å². The number of nitrogens with zero attached hydrogens (tertiary/aromatic N) is 3. The Labute approximate surface area is 127 Å². The second-order valence-corrected chi connectivity index (χ2v) is 5.18. The number of rotatable bonds is 4. The zero-order chi connectivity index (χ0) is 14.7. The first-order valence-electron chi connectivity index (χ1n) is 6.62. The van der Waals surface area contributed by atoms with Crippen molar-refractivity contribution in [3.63, 3.8) is 0 Å². The van der Waals surface area contributed by atoms with Gasteiger partial charge in [-0.2, -0.15) is 15.0 Å². The number of aliphatic hydroxyl groups is 1. The van der Waals surface area contributed by atoms with E-state index in [1.807, 2.05) is 54.6 Å². The third-order valence-corrected chi connectivity index (χ3v) is 3.43. The van der Waals surface area contributed by atoms with E-state index in [2.05, 4.69) is 10.2 Å². The molecular formula is C16H14ClN3O. The maximum Gasteiger partial charge on any atom is 0.112 e. The van der Waals surface area contributed by atoms with Gasteiger partial charge in [0, 0.05) is 11.4 Å². The number of hydrogen-bond donors (Lipinski definition) is 1. The first kappa shape index (κ1) is 13.8. The third kappa shape index (κ3) is 3.29. The van der Waals surface area contributed by atoms with Crippen LogP contribution in [0.4, 0.5) is 0 Å². The smallest absolute Gasteiger partial charge is 0.112 e. The Balaban J connectivity index is 1.75. The minimum Gasteiger partial charge on any atom is -0.386 e. The summed E-state index contributed by atoms with van der Waals surface area (Å²) in [5.74, 6) is 0. The van der Waals surface area contributed by atoms with Gasteiger partial charge < -0.3 is 5.11 Å². The second-order valence-electron chi connectivity index (χ2n) is 4.74. The minimum absolute atomic E-state index is 0.477. The maximum atomic E-state index is 10.3. The highest BCUT2D eigenvalue weighted by Gasteiger charge is 2.13. The summed E-state index contributed by atoms with van der Waals surface area (Å²) in [6.45, 7) is 0. The van der Waals surface area contributed by atoms with Crippen LogP contribution in [0.2, 0.25) is 5.02 Å². The second kappa shape index (κ2) is 6.08. The van der Waals surface area contributed by atoms with Gasteiger partial charge in [-0.3, -0.25) is 0 Å². The molecule has 0 aliphatic rings. The molecule has 0 radical (unpaired) electrons. The van der Waals surface area contributed by atoms with Crippen molar-refractivity contribution >= 4 is 11.6 Å². The van der Waals surface area contributed by atoms with Gasteiger partial charge in [0.2, 0.25) is 0 Å². The van der Waals surface area contributed by atoms with Gasteiger partial charge in [-0.05, 0) is 29.8 Å². The average molecular weight is 300 g/mol. The van der Waals surface area contributed by atoms with Crippen molar-refractivity contribution in [2.24, 2.45) is 0 Å². The molecule has 0 spiro atoms. The highest BCUT2D eigenvalue weighted by Crippen LogP contribution is 2.18. The number of halogens is 1. The maximum absolute atomic E-state index is 10.3. The van der Waals surface area contributed by atoms with Gasteiger partial charge in [-0.15, -0.1) is 0 Å². The lowest BCUT2D eigenvalue weighted by Gasteiger charge is -2.07. The van der Waals surface area contributed by atoms with E-state index in [1.165, 1.54) is 4.80 Å². The van der Waals surface area contributed by atoms with E-state index >= 15 is 0 Å². The predicted molar refractivity (Wildman–Crippen MR) is 81.5 cm³/mol. The number of aromatic nitrogens is 3. The van der Waals surface area contributed by atoms with E-state index < -0.39 is 6.10 Å². The summed E-state index contributed by atoms with van der Waals surface area (Å²) < 4.78 is 0. The Morgan fingerprint density at radius 3 is 2.48 bits per heavy atom. The lowest BCUT2D eigenvalue weighted by molar-refractivity contribution is 0.173. The van der Waals surface area contributed by atoms with Crippen LogP contribution in [0.25, 0.3) is 5.69 Å². The quantitative estimate of drug-likeness (QED) is 0.805. The first-order valence-corrected chi connectivity index (χ1v) is 7.00. The van der Waals surface area contributed by atoms with Crippen LogP contribution in [0.3, 0.4) is 0 Å². The molecule has 0 bridgehead atoms. The molecule has 21 heavy (non-hydrogen) atoms. The predicted octanol–water partition coefficient (Wildman–Crippen LogP) is 3.20. The van der Waals surface area contributed by atoms with Crippen LogP contribution in [0.5, 0.6) is 0 Å². The summed E-state index contributed by atoms with van der Waals surface area (Å²) in [5.41, 5.74) is 2.41. The normalized spacial score (nSPS) is 12.3. The number of hydrogen-bond acceptors (Lipinski definition) is 3. The SMILES string of the molecule is OC(Cc1ccc(Cl)cc1)c1cnn(-c2ccccc2)n1. The molecule has 1 N–H and O–H groups in total. The molecule has 2 aromatic carbocycles. The summed E-state index contributed by atoms with van der Waals surface area (Å²) in [5, 5.41) is 19.4. The molecule has 0 fully saturated rings. The molecule has 1 unspecified atom stereocenters. The van der Waals surface area contributed by atoms with Gasteiger partial charge in [0.25, 0.3) is 0 Å². The van der Waals surface area contributed by atoms with Gasteiger partial charge in [0.05, 0.1) is 11.9 Å². The third-order valence-electron chi connectivity index (χ3n) is 3.18. The van der Waals surface area contributed by atoms with Gasteiger partial charge in [-0.1, -0.05) is 41.9 Å². The standard InChI is InChI=1S/C16H14ClN3O/c17-13-8-6-12(7-9-13)10-16(21)15-11-18-20(19-15)14-4-2-1-3-5-14/h1-9,11,16,21H,10H2. The van der Waals surface area contributed by atoms with Crippen molar-refractivity contribution in [1.82, 2.24) is 15.0 Å². The Kier molecular flexibility index (Phi) is 3.99. The Morgan fingerprint density at radius 2 is 1.76 bits per heavy atom. The lowest BCUT2D eigenvalue weighted by Crippen LogP contribution is -2.04. The lowest BCUT2D eigenvalue weighted by atomic mass is 10.1. The summed E-state index contributed by atoms with van der Waals surface area (Å²) in [4.78, 5) is 1.51. The molecule has 0 saturated carbocycles. The number of benzene rings is 2. The molecule has 0 amide bonds. The van der Waals surface area contributed by atoms with Gasteiger partial charge in [-0.25, -0.2) is 0 Å². The molecule has 0 saturated heterocycles. The molecule has 3 aromatic rings. The molecular weight excluding hydrogens is 286 g/mol. The first-order chi connectivity index (χ1) is 10.2. The monoisotopic (exact) mass is 299 g/mol. The van der Waals surface area contributed by atoms with Crippen LogP contribution in [0.15, 0.2) is 60.8 Å². The minimum atomic E-state index is -0.691. The van der Waals surface area contributed by atoms with E-state index in [-0.39, 0.29) is 0 Å². The fourth-order valence-electron chi connectivity index (χ4n) is 2.06. The topological polar surface area (TPSA) is 50.9 Å². The largest absolute Gasteiger partial charge is 0.386 e. The molecule has 0 aliphatic heterocycles.